The SMILES string of the molecule is CCCN(CC(=O)Nc1nc2ccccc2[nH]1)Cc1nccn1C. The van der Waals surface area contributed by atoms with Gasteiger partial charge in [0.05, 0.1) is 24.1 Å². The van der Waals surface area contributed by atoms with E-state index in [1.807, 2.05) is 42.1 Å². The zero-order valence-corrected chi connectivity index (χ0v) is 14.0. The highest BCUT2D eigenvalue weighted by atomic mass is 16.2. The van der Waals surface area contributed by atoms with Crippen molar-refractivity contribution in [3.8, 4) is 0 Å². The summed E-state index contributed by atoms with van der Waals surface area (Å²) in [7, 11) is 1.96. The molecule has 3 aromatic rings. The van der Waals surface area contributed by atoms with E-state index in [2.05, 4.69) is 32.1 Å². The Morgan fingerprint density at radius 2 is 2.21 bits per heavy atom. The number of benzene rings is 1. The van der Waals surface area contributed by atoms with Crippen molar-refractivity contribution in [3.63, 3.8) is 0 Å². The lowest BCUT2D eigenvalue weighted by atomic mass is 10.3. The standard InChI is InChI=1S/C17H22N6O/c1-3-9-23(11-15-18-8-10-22(15)2)12-16(24)21-17-19-13-6-4-5-7-14(13)20-17/h4-8,10H,3,9,11-12H2,1-2H3,(H2,19,20,21,24). The number of amides is 1. The van der Waals surface area contributed by atoms with Crippen LogP contribution in [-0.4, -0.2) is 43.4 Å². The van der Waals surface area contributed by atoms with Crippen molar-refractivity contribution < 1.29 is 4.79 Å². The summed E-state index contributed by atoms with van der Waals surface area (Å²) in [6, 6.07) is 7.70. The predicted molar refractivity (Wildman–Crippen MR) is 93.5 cm³/mol. The van der Waals surface area contributed by atoms with Gasteiger partial charge in [0.1, 0.15) is 5.82 Å². The van der Waals surface area contributed by atoms with Gasteiger partial charge in [-0.05, 0) is 25.1 Å². The first-order chi connectivity index (χ1) is 11.7. The molecule has 3 rings (SSSR count). The number of imidazole rings is 2. The summed E-state index contributed by atoms with van der Waals surface area (Å²) in [5.74, 6) is 1.34. The Kier molecular flexibility index (Phi) is 4.90. The van der Waals surface area contributed by atoms with Crippen molar-refractivity contribution in [3.05, 3.63) is 42.5 Å². The number of para-hydroxylation sites is 2. The molecule has 0 fully saturated rings. The molecule has 0 unspecified atom stereocenters. The normalized spacial score (nSPS) is 11.3. The summed E-state index contributed by atoms with van der Waals surface area (Å²) in [5.41, 5.74) is 1.75. The highest BCUT2D eigenvalue weighted by molar-refractivity contribution is 5.92. The molecule has 1 aromatic carbocycles. The summed E-state index contributed by atoms with van der Waals surface area (Å²) < 4.78 is 1.97. The quantitative estimate of drug-likeness (QED) is 0.697. The fourth-order valence-electron chi connectivity index (χ4n) is 2.67. The van der Waals surface area contributed by atoms with E-state index in [1.54, 1.807) is 6.20 Å². The van der Waals surface area contributed by atoms with E-state index in [-0.39, 0.29) is 5.91 Å². The Bertz CT molecular complexity index is 788. The van der Waals surface area contributed by atoms with E-state index in [0.717, 1.165) is 29.8 Å². The maximum Gasteiger partial charge on any atom is 0.240 e. The largest absolute Gasteiger partial charge is 0.337 e. The van der Waals surface area contributed by atoms with Crippen molar-refractivity contribution in [1.82, 2.24) is 24.4 Å². The molecule has 1 amide bonds. The molecule has 24 heavy (non-hydrogen) atoms. The highest BCUT2D eigenvalue weighted by Crippen LogP contribution is 2.13. The number of anilines is 1. The summed E-state index contributed by atoms with van der Waals surface area (Å²) in [6.07, 6.45) is 4.66. The molecule has 2 N–H and O–H groups in total. The fourth-order valence-corrected chi connectivity index (χ4v) is 2.67. The van der Waals surface area contributed by atoms with Crippen molar-refractivity contribution in [2.75, 3.05) is 18.4 Å². The molecular weight excluding hydrogens is 304 g/mol. The maximum atomic E-state index is 12.3. The molecule has 0 aliphatic rings. The third kappa shape index (κ3) is 3.80. The zero-order chi connectivity index (χ0) is 16.9. The van der Waals surface area contributed by atoms with Gasteiger partial charge >= 0.3 is 0 Å². The number of hydrogen-bond donors (Lipinski definition) is 2. The summed E-state index contributed by atoms with van der Waals surface area (Å²) >= 11 is 0. The van der Waals surface area contributed by atoms with Crippen molar-refractivity contribution >= 4 is 22.9 Å². The lowest BCUT2D eigenvalue weighted by Crippen LogP contribution is -2.34. The number of carbonyl (C=O) groups excluding carboxylic acids is 1. The van der Waals surface area contributed by atoms with Gasteiger partial charge in [-0.25, -0.2) is 9.97 Å². The van der Waals surface area contributed by atoms with Crippen LogP contribution in [0.15, 0.2) is 36.7 Å². The van der Waals surface area contributed by atoms with Gasteiger partial charge in [0, 0.05) is 19.4 Å². The van der Waals surface area contributed by atoms with E-state index < -0.39 is 0 Å². The summed E-state index contributed by atoms with van der Waals surface area (Å²) in [4.78, 5) is 26.2. The molecule has 126 valence electrons. The number of H-pyrrole nitrogens is 1. The van der Waals surface area contributed by atoms with Crippen LogP contribution in [0.3, 0.4) is 0 Å². The molecule has 0 saturated heterocycles. The van der Waals surface area contributed by atoms with Gasteiger partial charge in [-0.2, -0.15) is 0 Å². The number of hydrogen-bond acceptors (Lipinski definition) is 4. The second kappa shape index (κ2) is 7.27. The average Bonchev–Trinajstić information content (AvgIpc) is 3.13. The summed E-state index contributed by atoms with van der Waals surface area (Å²) in [5, 5.41) is 2.84. The van der Waals surface area contributed by atoms with E-state index in [4.69, 9.17) is 0 Å². The van der Waals surface area contributed by atoms with Gasteiger partial charge in [0.15, 0.2) is 0 Å². The van der Waals surface area contributed by atoms with Crippen LogP contribution in [0.2, 0.25) is 0 Å². The Hall–Kier alpha value is -2.67. The molecule has 2 heterocycles. The number of nitrogens with zero attached hydrogens (tertiary/aromatic N) is 4. The first kappa shape index (κ1) is 16.2. The highest BCUT2D eigenvalue weighted by Gasteiger charge is 2.14. The Morgan fingerprint density at radius 1 is 1.38 bits per heavy atom. The maximum absolute atomic E-state index is 12.3. The minimum absolute atomic E-state index is 0.0864. The Balaban J connectivity index is 1.63. The number of aromatic amines is 1. The van der Waals surface area contributed by atoms with Crippen LogP contribution in [0.5, 0.6) is 0 Å². The van der Waals surface area contributed by atoms with Crippen LogP contribution in [0.25, 0.3) is 11.0 Å². The van der Waals surface area contributed by atoms with Crippen molar-refractivity contribution in [1.29, 1.82) is 0 Å². The second-order valence-corrected chi connectivity index (χ2v) is 5.82. The molecule has 0 saturated carbocycles. The van der Waals surface area contributed by atoms with Gasteiger partial charge in [0.2, 0.25) is 11.9 Å². The predicted octanol–water partition coefficient (Wildman–Crippen LogP) is 2.15. The monoisotopic (exact) mass is 326 g/mol. The molecule has 2 aromatic heterocycles. The minimum atomic E-state index is -0.0864. The zero-order valence-electron chi connectivity index (χ0n) is 14.0. The number of aromatic nitrogens is 4. The number of rotatable bonds is 7. The second-order valence-electron chi connectivity index (χ2n) is 5.82. The molecule has 7 nitrogen and oxygen atoms in total. The van der Waals surface area contributed by atoms with Crippen molar-refractivity contribution in [2.45, 2.75) is 19.9 Å². The first-order valence-corrected chi connectivity index (χ1v) is 8.09. The van der Waals surface area contributed by atoms with Crippen LogP contribution >= 0.6 is 0 Å². The molecule has 0 aliphatic carbocycles. The third-order valence-electron chi connectivity index (χ3n) is 3.84. The van der Waals surface area contributed by atoms with Gasteiger partial charge < -0.3 is 9.55 Å². The lowest BCUT2D eigenvalue weighted by Gasteiger charge is -2.20. The topological polar surface area (TPSA) is 78.8 Å². The van der Waals surface area contributed by atoms with E-state index >= 15 is 0 Å². The van der Waals surface area contributed by atoms with Crippen LogP contribution in [0.4, 0.5) is 5.95 Å². The molecule has 0 radical (unpaired) electrons. The van der Waals surface area contributed by atoms with Crippen LogP contribution in [0, 0.1) is 0 Å². The third-order valence-corrected chi connectivity index (χ3v) is 3.84. The number of fused-ring (bicyclic) bond motifs is 1. The van der Waals surface area contributed by atoms with Gasteiger partial charge in [-0.15, -0.1) is 0 Å². The molecule has 0 spiro atoms. The van der Waals surface area contributed by atoms with E-state index in [9.17, 15) is 4.79 Å². The van der Waals surface area contributed by atoms with Crippen molar-refractivity contribution in [2.24, 2.45) is 7.05 Å². The molecule has 0 atom stereocenters. The minimum Gasteiger partial charge on any atom is -0.337 e. The number of nitrogens with one attached hydrogen (secondary N) is 2. The molecule has 7 heteroatoms. The van der Waals surface area contributed by atoms with Crippen LogP contribution in [-0.2, 0) is 18.4 Å². The smallest absolute Gasteiger partial charge is 0.240 e. The van der Waals surface area contributed by atoms with Gasteiger partial charge in [-0.3, -0.25) is 15.0 Å². The Morgan fingerprint density at radius 3 is 2.92 bits per heavy atom. The van der Waals surface area contributed by atoms with Crippen LogP contribution in [0.1, 0.15) is 19.2 Å². The molecule has 0 bridgehead atoms. The van der Waals surface area contributed by atoms with Gasteiger partial charge in [0.25, 0.3) is 0 Å². The van der Waals surface area contributed by atoms with E-state index in [1.165, 1.54) is 0 Å². The number of aryl methyl sites for hydroxylation is 1. The number of carbonyl (C=O) groups is 1. The fraction of sp³-hybridized carbons (Fsp3) is 0.353. The van der Waals surface area contributed by atoms with Crippen LogP contribution < -0.4 is 5.32 Å². The average molecular weight is 326 g/mol. The lowest BCUT2D eigenvalue weighted by molar-refractivity contribution is -0.117. The van der Waals surface area contributed by atoms with E-state index in [0.29, 0.717) is 19.0 Å². The summed E-state index contributed by atoms with van der Waals surface area (Å²) in [6.45, 7) is 3.88. The molecule has 0 aliphatic heterocycles. The Labute approximate surface area is 140 Å². The molecular formula is C17H22N6O. The van der Waals surface area contributed by atoms with Gasteiger partial charge in [-0.1, -0.05) is 19.1 Å². The first-order valence-electron chi connectivity index (χ1n) is 8.09.